The number of nitrogens with one attached hydrogen (secondary N) is 1. The van der Waals surface area contributed by atoms with E-state index in [-0.39, 0.29) is 6.04 Å². The molecule has 0 amide bonds. The summed E-state index contributed by atoms with van der Waals surface area (Å²) in [6.45, 7) is 5.69. The fourth-order valence-corrected chi connectivity index (χ4v) is 2.65. The highest BCUT2D eigenvalue weighted by Gasteiger charge is 2.24. The normalized spacial score (nSPS) is 22.1. The molecule has 1 fully saturated rings. The van der Waals surface area contributed by atoms with E-state index in [2.05, 4.69) is 4.72 Å². The third-order valence-corrected chi connectivity index (χ3v) is 4.02. The van der Waals surface area contributed by atoms with Crippen LogP contribution in [0.2, 0.25) is 0 Å². The Kier molecular flexibility index (Phi) is 4.31. The van der Waals surface area contributed by atoms with Crippen molar-refractivity contribution >= 4 is 10.2 Å². The Labute approximate surface area is 85.6 Å². The van der Waals surface area contributed by atoms with Crippen LogP contribution in [0.5, 0.6) is 0 Å². The molecule has 0 aliphatic carbocycles. The average Bonchev–Trinajstić information content (AvgIpc) is 2.18. The summed E-state index contributed by atoms with van der Waals surface area (Å²) in [7, 11) is -3.29. The molecular weight excluding hydrogens is 204 g/mol. The Hall–Kier alpha value is -0.170. The number of hydrogen-bond donors (Lipinski definition) is 1. The standard InChI is InChI=1S/C8H18N2O3S/c1-3-8(2)9-14(11,12)10-4-6-13-7-5-10/h8-9H,3-7H2,1-2H3/t8-/m0/s1. The maximum atomic E-state index is 11.7. The van der Waals surface area contributed by atoms with Gasteiger partial charge in [-0.3, -0.25) is 0 Å². The molecule has 0 aromatic heterocycles. The quantitative estimate of drug-likeness (QED) is 0.725. The second-order valence-corrected chi connectivity index (χ2v) is 5.15. The minimum atomic E-state index is -3.29. The van der Waals surface area contributed by atoms with E-state index < -0.39 is 10.2 Å². The maximum Gasteiger partial charge on any atom is 0.279 e. The lowest BCUT2D eigenvalue weighted by atomic mass is 10.3. The van der Waals surface area contributed by atoms with E-state index in [9.17, 15) is 8.42 Å². The Morgan fingerprint density at radius 2 is 2.00 bits per heavy atom. The number of nitrogens with zero attached hydrogens (tertiary/aromatic N) is 1. The molecule has 0 spiro atoms. The highest BCUT2D eigenvalue weighted by molar-refractivity contribution is 7.87. The lowest BCUT2D eigenvalue weighted by Crippen LogP contribution is -2.48. The molecule has 0 unspecified atom stereocenters. The monoisotopic (exact) mass is 222 g/mol. The summed E-state index contributed by atoms with van der Waals surface area (Å²) in [5, 5.41) is 0. The highest BCUT2D eigenvalue weighted by atomic mass is 32.2. The van der Waals surface area contributed by atoms with E-state index in [1.807, 2.05) is 13.8 Å². The topological polar surface area (TPSA) is 58.6 Å². The van der Waals surface area contributed by atoms with Crippen LogP contribution in [0.4, 0.5) is 0 Å². The predicted octanol–water partition coefficient (Wildman–Crippen LogP) is -0.0485. The largest absolute Gasteiger partial charge is 0.379 e. The van der Waals surface area contributed by atoms with Crippen molar-refractivity contribution in [1.29, 1.82) is 0 Å². The Balaban J connectivity index is 2.54. The summed E-state index contributed by atoms with van der Waals surface area (Å²) < 4.78 is 32.6. The third kappa shape index (κ3) is 3.20. The van der Waals surface area contributed by atoms with Crippen molar-refractivity contribution < 1.29 is 13.2 Å². The van der Waals surface area contributed by atoms with Crippen molar-refractivity contribution in [3.8, 4) is 0 Å². The summed E-state index contributed by atoms with van der Waals surface area (Å²) in [6, 6.07) is -0.0113. The van der Waals surface area contributed by atoms with Crippen LogP contribution in [0.15, 0.2) is 0 Å². The van der Waals surface area contributed by atoms with Gasteiger partial charge in [-0.15, -0.1) is 0 Å². The first-order valence-corrected chi connectivity index (χ1v) is 6.35. The highest BCUT2D eigenvalue weighted by Crippen LogP contribution is 2.04. The molecule has 1 saturated heterocycles. The first-order chi connectivity index (χ1) is 6.56. The van der Waals surface area contributed by atoms with Crippen molar-refractivity contribution in [2.24, 2.45) is 0 Å². The maximum absolute atomic E-state index is 11.7. The zero-order chi connectivity index (χ0) is 10.6. The van der Waals surface area contributed by atoms with Gasteiger partial charge < -0.3 is 4.74 Å². The Morgan fingerprint density at radius 1 is 1.43 bits per heavy atom. The summed E-state index contributed by atoms with van der Waals surface area (Å²) >= 11 is 0. The summed E-state index contributed by atoms with van der Waals surface area (Å²) in [4.78, 5) is 0. The molecule has 0 bridgehead atoms. The molecule has 5 nitrogen and oxygen atoms in total. The van der Waals surface area contributed by atoms with Crippen LogP contribution in [0.1, 0.15) is 20.3 Å². The zero-order valence-corrected chi connectivity index (χ0v) is 9.51. The van der Waals surface area contributed by atoms with Crippen LogP contribution >= 0.6 is 0 Å². The van der Waals surface area contributed by atoms with Crippen molar-refractivity contribution in [3.63, 3.8) is 0 Å². The molecule has 6 heteroatoms. The van der Waals surface area contributed by atoms with Gasteiger partial charge in [-0.1, -0.05) is 6.92 Å². The smallest absolute Gasteiger partial charge is 0.279 e. The minimum absolute atomic E-state index is 0.0113. The minimum Gasteiger partial charge on any atom is -0.379 e. The second-order valence-electron chi connectivity index (χ2n) is 3.44. The summed E-state index contributed by atoms with van der Waals surface area (Å²) in [6.07, 6.45) is 0.795. The summed E-state index contributed by atoms with van der Waals surface area (Å²) in [5.74, 6) is 0. The number of morpholine rings is 1. The van der Waals surface area contributed by atoms with Crippen LogP contribution in [0, 0.1) is 0 Å². The molecule has 1 atom stereocenters. The average molecular weight is 222 g/mol. The van der Waals surface area contributed by atoms with Crippen LogP contribution in [-0.2, 0) is 14.9 Å². The van der Waals surface area contributed by atoms with Gasteiger partial charge in [0.15, 0.2) is 0 Å². The van der Waals surface area contributed by atoms with E-state index in [1.54, 1.807) is 0 Å². The molecule has 0 saturated carbocycles. The lowest BCUT2D eigenvalue weighted by Gasteiger charge is -2.27. The van der Waals surface area contributed by atoms with Gasteiger partial charge in [0, 0.05) is 19.1 Å². The van der Waals surface area contributed by atoms with Crippen LogP contribution < -0.4 is 4.72 Å². The third-order valence-electron chi connectivity index (χ3n) is 2.27. The fourth-order valence-electron chi connectivity index (χ4n) is 1.20. The first kappa shape index (κ1) is 11.9. The summed E-state index contributed by atoms with van der Waals surface area (Å²) in [5.41, 5.74) is 0. The van der Waals surface area contributed by atoms with E-state index in [0.717, 1.165) is 6.42 Å². The zero-order valence-electron chi connectivity index (χ0n) is 8.69. The van der Waals surface area contributed by atoms with Crippen LogP contribution in [0.25, 0.3) is 0 Å². The van der Waals surface area contributed by atoms with E-state index in [1.165, 1.54) is 4.31 Å². The first-order valence-electron chi connectivity index (χ1n) is 4.91. The van der Waals surface area contributed by atoms with E-state index >= 15 is 0 Å². The van der Waals surface area contributed by atoms with Crippen molar-refractivity contribution in [2.45, 2.75) is 26.3 Å². The van der Waals surface area contributed by atoms with Crippen molar-refractivity contribution in [1.82, 2.24) is 9.03 Å². The van der Waals surface area contributed by atoms with Gasteiger partial charge >= 0.3 is 0 Å². The lowest BCUT2D eigenvalue weighted by molar-refractivity contribution is 0.0723. The molecule has 14 heavy (non-hydrogen) atoms. The molecule has 1 aliphatic heterocycles. The molecule has 0 radical (unpaired) electrons. The van der Waals surface area contributed by atoms with Crippen molar-refractivity contribution in [2.75, 3.05) is 26.3 Å². The van der Waals surface area contributed by atoms with Crippen LogP contribution in [-0.4, -0.2) is 45.1 Å². The Bertz CT molecular complexity index is 260. The van der Waals surface area contributed by atoms with Crippen molar-refractivity contribution in [3.05, 3.63) is 0 Å². The van der Waals surface area contributed by atoms with Gasteiger partial charge in [0.1, 0.15) is 0 Å². The molecular formula is C8H18N2O3S. The van der Waals surface area contributed by atoms with Gasteiger partial charge in [0.05, 0.1) is 13.2 Å². The Morgan fingerprint density at radius 3 is 2.50 bits per heavy atom. The van der Waals surface area contributed by atoms with Gasteiger partial charge in [0.2, 0.25) is 0 Å². The second kappa shape index (κ2) is 5.06. The van der Waals surface area contributed by atoms with Gasteiger partial charge in [-0.05, 0) is 13.3 Å². The van der Waals surface area contributed by atoms with E-state index in [4.69, 9.17) is 4.74 Å². The molecule has 1 aliphatic rings. The SMILES string of the molecule is CC[C@H](C)NS(=O)(=O)N1CCOCC1. The van der Waals surface area contributed by atoms with Gasteiger partial charge in [-0.2, -0.15) is 17.4 Å². The molecule has 1 N–H and O–H groups in total. The number of rotatable bonds is 4. The molecule has 84 valence electrons. The predicted molar refractivity (Wildman–Crippen MR) is 54.2 cm³/mol. The van der Waals surface area contributed by atoms with Gasteiger partial charge in [0.25, 0.3) is 10.2 Å². The molecule has 0 aromatic carbocycles. The number of hydrogen-bond acceptors (Lipinski definition) is 3. The molecule has 1 heterocycles. The van der Waals surface area contributed by atoms with E-state index in [0.29, 0.717) is 26.3 Å². The van der Waals surface area contributed by atoms with Crippen LogP contribution in [0.3, 0.4) is 0 Å². The molecule has 0 aromatic rings. The number of ether oxygens (including phenoxy) is 1. The fraction of sp³-hybridized carbons (Fsp3) is 1.00. The molecule has 1 rings (SSSR count). The van der Waals surface area contributed by atoms with Gasteiger partial charge in [-0.25, -0.2) is 0 Å².